The van der Waals surface area contributed by atoms with Crippen molar-refractivity contribution in [1.29, 1.82) is 0 Å². The number of benzene rings is 2. The monoisotopic (exact) mass is 646 g/mol. The number of carbonyl (C=O) groups excluding carboxylic acids is 1. The summed E-state index contributed by atoms with van der Waals surface area (Å²) in [6.07, 6.45) is 5.22. The smallest absolute Gasteiger partial charge is 0.319 e. The van der Waals surface area contributed by atoms with E-state index in [4.69, 9.17) is 9.72 Å². The molecule has 2 aromatic heterocycles. The van der Waals surface area contributed by atoms with E-state index in [-0.39, 0.29) is 41.0 Å². The molecule has 12 heteroatoms. The van der Waals surface area contributed by atoms with Crippen molar-refractivity contribution >= 4 is 33.4 Å². The number of ether oxygens (including phenoxy) is 1. The highest BCUT2D eigenvalue weighted by Gasteiger charge is 2.50. The molecule has 47 heavy (non-hydrogen) atoms. The summed E-state index contributed by atoms with van der Waals surface area (Å²) in [5, 5.41) is 14.9. The average molecular weight is 647 g/mol. The van der Waals surface area contributed by atoms with Gasteiger partial charge in [0.05, 0.1) is 16.3 Å². The lowest BCUT2D eigenvalue weighted by Crippen LogP contribution is -2.47. The van der Waals surface area contributed by atoms with Crippen molar-refractivity contribution in [2.75, 3.05) is 44.2 Å². The molecular weight excluding hydrogens is 609 g/mol. The molecule has 6 heterocycles. The van der Waals surface area contributed by atoms with Gasteiger partial charge in [-0.1, -0.05) is 13.0 Å². The Kier molecular flexibility index (Phi) is 7.19. The van der Waals surface area contributed by atoms with Crippen molar-refractivity contribution in [2.45, 2.75) is 63.6 Å². The fourth-order valence-electron chi connectivity index (χ4n) is 8.61. The molecule has 3 unspecified atom stereocenters. The predicted octanol–water partition coefficient (Wildman–Crippen LogP) is 5.45. The summed E-state index contributed by atoms with van der Waals surface area (Å²) in [6.45, 7) is 4.77. The number of halogens is 3. The minimum Gasteiger partial charge on any atom is -0.508 e. The van der Waals surface area contributed by atoms with E-state index >= 15 is 4.39 Å². The number of aromatic hydroxyl groups is 1. The third-order valence-electron chi connectivity index (χ3n) is 10.9. The second-order valence-corrected chi connectivity index (χ2v) is 13.7. The molecule has 0 bridgehead atoms. The number of fused-ring (bicyclic) bond motifs is 3. The van der Waals surface area contributed by atoms with E-state index < -0.39 is 28.8 Å². The van der Waals surface area contributed by atoms with Gasteiger partial charge >= 0.3 is 6.01 Å². The van der Waals surface area contributed by atoms with E-state index in [9.17, 15) is 18.7 Å². The Morgan fingerprint density at radius 3 is 2.79 bits per heavy atom. The molecule has 0 radical (unpaired) electrons. The minimum atomic E-state index is -0.935. The molecule has 9 nitrogen and oxygen atoms in total. The number of hydrogen-bond acceptors (Lipinski definition) is 8. The van der Waals surface area contributed by atoms with E-state index in [1.165, 1.54) is 24.4 Å². The highest BCUT2D eigenvalue weighted by molar-refractivity contribution is 6.02. The van der Waals surface area contributed by atoms with Crippen molar-refractivity contribution in [3.05, 3.63) is 47.7 Å². The van der Waals surface area contributed by atoms with Gasteiger partial charge in [0, 0.05) is 44.4 Å². The van der Waals surface area contributed by atoms with E-state index in [2.05, 4.69) is 20.2 Å². The van der Waals surface area contributed by atoms with Gasteiger partial charge in [0.15, 0.2) is 5.82 Å². The van der Waals surface area contributed by atoms with E-state index in [1.807, 2.05) is 11.8 Å². The Bertz CT molecular complexity index is 1930. The highest BCUT2D eigenvalue weighted by Crippen LogP contribution is 2.43. The number of nitrogens with zero attached hydrogens (tertiary/aromatic N) is 5. The highest BCUT2D eigenvalue weighted by atomic mass is 19.1. The molecule has 4 saturated heterocycles. The summed E-state index contributed by atoms with van der Waals surface area (Å²) in [5.41, 5.74) is -0.505. The number of alkyl halides is 1. The molecule has 4 aromatic rings. The van der Waals surface area contributed by atoms with Crippen LogP contribution in [0.2, 0.25) is 0 Å². The molecule has 4 fully saturated rings. The maximum absolute atomic E-state index is 16.9. The average Bonchev–Trinajstić information content (AvgIpc) is 3.71. The standard InChI is InChI=1S/C35H37F3N6O3/c1-2-23-26(37)6-5-20-13-22(45)14-24(27(20)23)29-28(38)30-25(16-40-29)31(43-11-3-7-34(18-43)9-10-39-32(34)46)42-33(41-30)47-19-35-8-4-12-44(35)17-21(36)15-35/h5-6,13-14,16,21,45H,2-4,7-12,15,17-19H2,1H3,(H,39,46). The van der Waals surface area contributed by atoms with Crippen molar-refractivity contribution in [2.24, 2.45) is 5.41 Å². The van der Waals surface area contributed by atoms with Gasteiger partial charge in [-0.3, -0.25) is 14.7 Å². The number of aryl methyl sites for hydroxylation is 1. The van der Waals surface area contributed by atoms with Crippen LogP contribution in [0, 0.1) is 17.0 Å². The molecule has 4 aliphatic heterocycles. The topological polar surface area (TPSA) is 104 Å². The Morgan fingerprint density at radius 1 is 1.13 bits per heavy atom. The number of piperidine rings is 1. The molecule has 0 aliphatic carbocycles. The number of hydrogen-bond donors (Lipinski definition) is 2. The third kappa shape index (κ3) is 4.86. The molecule has 246 valence electrons. The predicted molar refractivity (Wildman–Crippen MR) is 171 cm³/mol. The first-order valence-corrected chi connectivity index (χ1v) is 16.6. The van der Waals surface area contributed by atoms with Crippen LogP contribution >= 0.6 is 0 Å². The van der Waals surface area contributed by atoms with Gasteiger partial charge in [-0.25, -0.2) is 13.2 Å². The molecule has 2 aromatic carbocycles. The molecule has 1 amide bonds. The number of phenols is 1. The van der Waals surface area contributed by atoms with Crippen LogP contribution < -0.4 is 15.0 Å². The van der Waals surface area contributed by atoms with Crippen LogP contribution in [-0.4, -0.2) is 81.9 Å². The zero-order valence-electron chi connectivity index (χ0n) is 26.3. The Morgan fingerprint density at radius 2 is 1.98 bits per heavy atom. The summed E-state index contributed by atoms with van der Waals surface area (Å²) in [5.74, 6) is -0.860. The number of aromatic nitrogens is 3. The summed E-state index contributed by atoms with van der Waals surface area (Å²) < 4.78 is 52.7. The normalized spacial score (nSPS) is 26.1. The van der Waals surface area contributed by atoms with Crippen LogP contribution in [0.25, 0.3) is 32.9 Å². The van der Waals surface area contributed by atoms with Gasteiger partial charge in [0.1, 0.15) is 41.4 Å². The Hall–Kier alpha value is -4.19. The third-order valence-corrected chi connectivity index (χ3v) is 10.9. The van der Waals surface area contributed by atoms with Crippen LogP contribution in [-0.2, 0) is 11.2 Å². The number of anilines is 1. The first kappa shape index (κ1) is 30.2. The van der Waals surface area contributed by atoms with Gasteiger partial charge in [0.2, 0.25) is 5.91 Å². The van der Waals surface area contributed by atoms with Crippen molar-refractivity contribution in [3.8, 4) is 23.0 Å². The lowest BCUT2D eigenvalue weighted by Gasteiger charge is -2.39. The van der Waals surface area contributed by atoms with Crippen molar-refractivity contribution in [1.82, 2.24) is 25.2 Å². The SMILES string of the molecule is CCc1c(F)ccc2cc(O)cc(-c3ncc4c(N5CCCC6(CCNC6=O)C5)nc(OCC56CCCN5CC(F)C6)nc4c3F)c12. The number of pyridine rings is 1. The summed E-state index contributed by atoms with van der Waals surface area (Å²) >= 11 is 0. The van der Waals surface area contributed by atoms with E-state index in [0.29, 0.717) is 73.0 Å². The van der Waals surface area contributed by atoms with Gasteiger partial charge in [-0.05, 0) is 79.6 Å². The fraction of sp³-hybridized carbons (Fsp3) is 0.486. The number of phenolic OH excluding ortho intramolecular Hbond substituents is 1. The van der Waals surface area contributed by atoms with Gasteiger partial charge in [-0.2, -0.15) is 9.97 Å². The Labute approximate surface area is 270 Å². The number of amides is 1. The lowest BCUT2D eigenvalue weighted by molar-refractivity contribution is -0.128. The van der Waals surface area contributed by atoms with Crippen LogP contribution in [0.1, 0.15) is 51.0 Å². The largest absolute Gasteiger partial charge is 0.508 e. The van der Waals surface area contributed by atoms with Crippen LogP contribution in [0.3, 0.4) is 0 Å². The second-order valence-electron chi connectivity index (χ2n) is 13.7. The number of carbonyl (C=O) groups is 1. The fourth-order valence-corrected chi connectivity index (χ4v) is 8.61. The zero-order chi connectivity index (χ0) is 32.5. The number of nitrogens with one attached hydrogen (secondary N) is 1. The molecule has 8 rings (SSSR count). The zero-order valence-corrected chi connectivity index (χ0v) is 26.3. The second kappa shape index (κ2) is 11.2. The summed E-state index contributed by atoms with van der Waals surface area (Å²) in [4.78, 5) is 31.0. The quantitative estimate of drug-likeness (QED) is 0.285. The van der Waals surface area contributed by atoms with Crippen LogP contribution in [0.5, 0.6) is 11.8 Å². The van der Waals surface area contributed by atoms with Gasteiger partial charge in [0.25, 0.3) is 0 Å². The van der Waals surface area contributed by atoms with Crippen LogP contribution in [0.15, 0.2) is 30.5 Å². The molecule has 1 spiro atoms. The lowest BCUT2D eigenvalue weighted by atomic mass is 9.78. The number of rotatable bonds is 6. The van der Waals surface area contributed by atoms with E-state index in [1.54, 1.807) is 6.07 Å². The maximum atomic E-state index is 16.9. The first-order chi connectivity index (χ1) is 22.7. The first-order valence-electron chi connectivity index (χ1n) is 16.6. The van der Waals surface area contributed by atoms with Gasteiger partial charge < -0.3 is 20.1 Å². The van der Waals surface area contributed by atoms with E-state index in [0.717, 1.165) is 32.2 Å². The van der Waals surface area contributed by atoms with Crippen LogP contribution in [0.4, 0.5) is 19.0 Å². The Balaban J connectivity index is 1.27. The van der Waals surface area contributed by atoms with Crippen molar-refractivity contribution in [3.63, 3.8) is 0 Å². The summed E-state index contributed by atoms with van der Waals surface area (Å²) in [7, 11) is 0. The van der Waals surface area contributed by atoms with Crippen molar-refractivity contribution < 1.29 is 27.8 Å². The van der Waals surface area contributed by atoms with Gasteiger partial charge in [-0.15, -0.1) is 0 Å². The molecule has 4 aliphatic rings. The summed E-state index contributed by atoms with van der Waals surface area (Å²) in [6, 6.07) is 5.77. The molecular formula is C35H37F3N6O3. The maximum Gasteiger partial charge on any atom is 0.319 e. The molecule has 0 saturated carbocycles. The minimum absolute atomic E-state index is 0.0146. The molecule has 2 N–H and O–H groups in total. The molecule has 3 atom stereocenters.